The summed E-state index contributed by atoms with van der Waals surface area (Å²) in [6.07, 6.45) is 1.32. The fraction of sp³-hybridized carbons (Fsp3) is 0.158. The van der Waals surface area contributed by atoms with E-state index in [-0.39, 0.29) is 5.57 Å². The van der Waals surface area contributed by atoms with Crippen LogP contribution in [-0.4, -0.2) is 13.0 Å². The molecule has 5 nitrogen and oxygen atoms in total. The second kappa shape index (κ2) is 8.61. The van der Waals surface area contributed by atoms with Gasteiger partial charge >= 0.3 is 0 Å². The fourth-order valence-corrected chi connectivity index (χ4v) is 2.45. The number of nitrogens with one attached hydrogen (secondary N) is 2. The molecule has 2 aromatic rings. The molecule has 0 aromatic heterocycles. The van der Waals surface area contributed by atoms with Crippen molar-refractivity contribution in [2.45, 2.75) is 13.8 Å². The molecule has 26 heavy (non-hydrogen) atoms. The van der Waals surface area contributed by atoms with E-state index < -0.39 is 5.91 Å². The third-order valence-electron chi connectivity index (χ3n) is 3.65. The minimum Gasteiger partial charge on any atom is -0.495 e. The second-order valence-corrected chi connectivity index (χ2v) is 6.35. The predicted molar refractivity (Wildman–Crippen MR) is 105 cm³/mol. The maximum atomic E-state index is 12.3. The lowest BCUT2D eigenvalue weighted by Gasteiger charge is -2.11. The van der Waals surface area contributed by atoms with Crippen molar-refractivity contribution >= 4 is 40.5 Å². The number of ether oxygens (including phenoxy) is 1. The Labute approximate surface area is 162 Å². The Balaban J connectivity index is 2.20. The Morgan fingerprint density at radius 3 is 2.46 bits per heavy atom. The summed E-state index contributed by atoms with van der Waals surface area (Å²) in [6.45, 7) is 3.70. The van der Waals surface area contributed by atoms with E-state index in [1.807, 2.05) is 19.9 Å². The molecule has 0 bridgehead atoms. The van der Waals surface area contributed by atoms with Gasteiger partial charge in [-0.3, -0.25) is 4.79 Å². The highest BCUT2D eigenvalue weighted by Crippen LogP contribution is 2.31. The summed E-state index contributed by atoms with van der Waals surface area (Å²) in [7, 11) is 1.51. The molecule has 0 atom stereocenters. The lowest BCUT2D eigenvalue weighted by Crippen LogP contribution is -2.14. The highest BCUT2D eigenvalue weighted by Gasteiger charge is 2.11. The molecule has 0 aliphatic carbocycles. The molecule has 0 radical (unpaired) electrons. The number of anilines is 2. The number of halogens is 2. The average molecular weight is 390 g/mol. The van der Waals surface area contributed by atoms with Gasteiger partial charge in [0.05, 0.1) is 12.8 Å². The fourth-order valence-electron chi connectivity index (χ4n) is 2.11. The van der Waals surface area contributed by atoms with E-state index in [4.69, 9.17) is 27.9 Å². The summed E-state index contributed by atoms with van der Waals surface area (Å²) < 4.78 is 5.25. The Kier molecular flexibility index (Phi) is 6.51. The number of benzene rings is 2. The molecule has 2 aromatic carbocycles. The van der Waals surface area contributed by atoms with Gasteiger partial charge in [-0.15, -0.1) is 0 Å². The second-order valence-electron chi connectivity index (χ2n) is 5.53. The zero-order valence-electron chi connectivity index (χ0n) is 14.5. The van der Waals surface area contributed by atoms with E-state index >= 15 is 0 Å². The van der Waals surface area contributed by atoms with Crippen molar-refractivity contribution < 1.29 is 9.53 Å². The van der Waals surface area contributed by atoms with Gasteiger partial charge < -0.3 is 15.4 Å². The molecule has 0 heterocycles. The highest BCUT2D eigenvalue weighted by molar-refractivity contribution is 6.32. The Bertz CT molecular complexity index is 918. The largest absolute Gasteiger partial charge is 0.495 e. The monoisotopic (exact) mass is 389 g/mol. The maximum Gasteiger partial charge on any atom is 0.267 e. The van der Waals surface area contributed by atoms with E-state index in [9.17, 15) is 10.1 Å². The van der Waals surface area contributed by atoms with Gasteiger partial charge in [0.2, 0.25) is 0 Å². The molecule has 0 spiro atoms. The van der Waals surface area contributed by atoms with Crippen LogP contribution in [0.5, 0.6) is 5.75 Å². The van der Waals surface area contributed by atoms with Gasteiger partial charge in [-0.1, -0.05) is 29.3 Å². The number of hydrogen-bond acceptors (Lipinski definition) is 4. The Hall–Kier alpha value is -2.68. The summed E-state index contributed by atoms with van der Waals surface area (Å²) in [4.78, 5) is 12.3. The van der Waals surface area contributed by atoms with Crippen molar-refractivity contribution in [3.8, 4) is 11.8 Å². The zero-order valence-corrected chi connectivity index (χ0v) is 16.0. The molecule has 0 saturated heterocycles. The first kappa shape index (κ1) is 19.6. The van der Waals surface area contributed by atoms with Crippen LogP contribution in [0.2, 0.25) is 10.0 Å². The van der Waals surface area contributed by atoms with Crippen molar-refractivity contribution in [3.05, 3.63) is 63.3 Å². The molecule has 134 valence electrons. The van der Waals surface area contributed by atoms with Crippen molar-refractivity contribution in [2.75, 3.05) is 17.7 Å². The lowest BCUT2D eigenvalue weighted by molar-refractivity contribution is -0.112. The summed E-state index contributed by atoms with van der Waals surface area (Å²) in [6, 6.07) is 10.4. The van der Waals surface area contributed by atoms with Crippen molar-refractivity contribution in [1.82, 2.24) is 0 Å². The van der Waals surface area contributed by atoms with Crippen molar-refractivity contribution in [2.24, 2.45) is 0 Å². The Morgan fingerprint density at radius 1 is 1.15 bits per heavy atom. The van der Waals surface area contributed by atoms with Gasteiger partial charge in [-0.25, -0.2) is 0 Å². The van der Waals surface area contributed by atoms with Crippen LogP contribution in [0.25, 0.3) is 0 Å². The van der Waals surface area contributed by atoms with Crippen LogP contribution >= 0.6 is 23.2 Å². The molecule has 0 aliphatic heterocycles. The van der Waals surface area contributed by atoms with E-state index in [1.54, 1.807) is 30.3 Å². The molecule has 1 amide bonds. The number of nitrogens with zero attached hydrogens (tertiary/aromatic N) is 1. The van der Waals surface area contributed by atoms with Crippen LogP contribution in [0, 0.1) is 25.2 Å². The number of carbonyl (C=O) groups is 1. The molecular formula is C19H17Cl2N3O2. The van der Waals surface area contributed by atoms with Crippen LogP contribution in [0.15, 0.2) is 42.1 Å². The maximum absolute atomic E-state index is 12.3. The minimum absolute atomic E-state index is 0.101. The number of rotatable bonds is 5. The van der Waals surface area contributed by atoms with Crippen molar-refractivity contribution in [1.29, 1.82) is 5.26 Å². The zero-order chi connectivity index (χ0) is 19.3. The molecule has 0 saturated carbocycles. The first-order valence-electron chi connectivity index (χ1n) is 7.64. The quantitative estimate of drug-likeness (QED) is 0.552. The topological polar surface area (TPSA) is 74.1 Å². The summed E-state index contributed by atoms with van der Waals surface area (Å²) in [5, 5.41) is 15.9. The first-order chi connectivity index (χ1) is 12.3. The van der Waals surface area contributed by atoms with Crippen LogP contribution in [0.3, 0.4) is 0 Å². The van der Waals surface area contributed by atoms with Gasteiger partial charge in [0, 0.05) is 28.0 Å². The summed E-state index contributed by atoms with van der Waals surface area (Å²) in [5.41, 5.74) is 2.73. The van der Waals surface area contributed by atoms with Crippen LogP contribution in [-0.2, 0) is 4.79 Å². The third kappa shape index (κ3) is 4.69. The molecule has 0 fully saturated rings. The minimum atomic E-state index is -0.551. The SMILES string of the molecule is COc1cc(Cl)c(C)cc1N/C=C(/C#N)C(=O)Nc1ccc(C)c(Cl)c1. The normalized spacial score (nSPS) is 10.8. The van der Waals surface area contributed by atoms with Gasteiger partial charge in [-0.2, -0.15) is 5.26 Å². The number of carbonyl (C=O) groups excluding carboxylic acids is 1. The summed E-state index contributed by atoms with van der Waals surface area (Å²) in [5.74, 6) is -0.0514. The highest BCUT2D eigenvalue weighted by atomic mass is 35.5. The standard InChI is InChI=1S/C19H17Cl2N3O2/c1-11-4-5-14(7-15(11)20)24-19(25)13(9-22)10-23-17-6-12(2)16(21)8-18(17)26-3/h4-8,10,23H,1-3H3,(H,24,25)/b13-10-. The van der Waals surface area contributed by atoms with E-state index in [0.717, 1.165) is 11.1 Å². The molecule has 2 rings (SSSR count). The summed E-state index contributed by atoms with van der Waals surface area (Å²) >= 11 is 12.1. The van der Waals surface area contributed by atoms with Crippen molar-refractivity contribution in [3.63, 3.8) is 0 Å². The van der Waals surface area contributed by atoms with Gasteiger partial charge in [0.15, 0.2) is 0 Å². The smallest absolute Gasteiger partial charge is 0.267 e. The Morgan fingerprint density at radius 2 is 1.85 bits per heavy atom. The molecular weight excluding hydrogens is 373 g/mol. The van der Waals surface area contributed by atoms with Crippen LogP contribution in [0.1, 0.15) is 11.1 Å². The van der Waals surface area contributed by atoms with Gasteiger partial charge in [-0.05, 0) is 43.2 Å². The number of amides is 1. The first-order valence-corrected chi connectivity index (χ1v) is 8.39. The molecule has 7 heteroatoms. The molecule has 2 N–H and O–H groups in total. The van der Waals surface area contributed by atoms with Crippen LogP contribution in [0.4, 0.5) is 11.4 Å². The van der Waals surface area contributed by atoms with Gasteiger partial charge in [0.1, 0.15) is 17.4 Å². The average Bonchev–Trinajstić information content (AvgIpc) is 2.61. The van der Waals surface area contributed by atoms with Crippen LogP contribution < -0.4 is 15.4 Å². The van der Waals surface area contributed by atoms with E-state index in [1.165, 1.54) is 13.3 Å². The molecule has 0 unspecified atom stereocenters. The number of hydrogen-bond donors (Lipinski definition) is 2. The van der Waals surface area contributed by atoms with E-state index in [2.05, 4.69) is 10.6 Å². The van der Waals surface area contributed by atoms with Gasteiger partial charge in [0.25, 0.3) is 5.91 Å². The predicted octanol–water partition coefficient (Wildman–Crippen LogP) is 5.08. The van der Waals surface area contributed by atoms with E-state index in [0.29, 0.717) is 27.2 Å². The number of methoxy groups -OCH3 is 1. The number of nitriles is 1. The third-order valence-corrected chi connectivity index (χ3v) is 4.46. The molecule has 0 aliphatic rings. The lowest BCUT2D eigenvalue weighted by atomic mass is 10.2. The number of aryl methyl sites for hydroxylation is 2.